The van der Waals surface area contributed by atoms with Crippen LogP contribution in [0.2, 0.25) is 5.02 Å². The first-order valence-corrected chi connectivity index (χ1v) is 5.26. The van der Waals surface area contributed by atoms with Crippen molar-refractivity contribution in [1.29, 1.82) is 0 Å². The Morgan fingerprint density at radius 1 is 1.43 bits per heavy atom. The molecule has 0 radical (unpaired) electrons. The van der Waals surface area contributed by atoms with E-state index in [9.17, 15) is 0 Å². The van der Waals surface area contributed by atoms with Gasteiger partial charge in [0.2, 0.25) is 5.95 Å². The van der Waals surface area contributed by atoms with Crippen LogP contribution in [0.25, 0.3) is 11.4 Å². The zero-order valence-corrected chi connectivity index (χ0v) is 9.87. The van der Waals surface area contributed by atoms with E-state index in [0.29, 0.717) is 5.82 Å². The van der Waals surface area contributed by atoms with Gasteiger partial charge in [0.15, 0.2) is 5.82 Å². The molecule has 0 aliphatic rings. The summed E-state index contributed by atoms with van der Waals surface area (Å²) in [5.41, 5.74) is 6.32. The number of nitrogens with two attached hydrogens (primary N) is 1. The molecule has 1 heterocycles. The maximum Gasteiger partial charge on any atom is 0.239 e. The van der Waals surface area contributed by atoms with Crippen LogP contribution < -0.4 is 5.73 Å². The average Bonchev–Trinajstić information content (AvgIpc) is 2.57. The number of anilines is 1. The molecule has 14 heavy (non-hydrogen) atoms. The van der Waals surface area contributed by atoms with Crippen molar-refractivity contribution < 1.29 is 0 Å². The predicted molar refractivity (Wildman–Crippen MR) is 64.0 cm³/mol. The fraction of sp³-hybridized carbons (Fsp3) is 0. The van der Waals surface area contributed by atoms with Gasteiger partial charge in [-0.25, -0.2) is 0 Å². The van der Waals surface area contributed by atoms with Crippen LogP contribution in [0.5, 0.6) is 0 Å². The van der Waals surface area contributed by atoms with Gasteiger partial charge in [-0.3, -0.25) is 5.10 Å². The van der Waals surface area contributed by atoms with Gasteiger partial charge in [0.25, 0.3) is 0 Å². The number of aromatic nitrogens is 3. The third kappa shape index (κ3) is 1.83. The largest absolute Gasteiger partial charge is 0.366 e. The highest BCUT2D eigenvalue weighted by atomic mass is 127. The normalized spacial score (nSPS) is 10.4. The third-order valence-corrected chi connectivity index (χ3v) is 3.24. The highest BCUT2D eigenvalue weighted by Gasteiger charge is 2.05. The lowest BCUT2D eigenvalue weighted by molar-refractivity contribution is 1.10. The Kier molecular flexibility index (Phi) is 2.60. The van der Waals surface area contributed by atoms with Crippen molar-refractivity contribution in [3.05, 3.63) is 26.8 Å². The molecule has 1 aromatic carbocycles. The van der Waals surface area contributed by atoms with Gasteiger partial charge in [-0.2, -0.15) is 4.98 Å². The number of aromatic amines is 1. The van der Waals surface area contributed by atoms with Gasteiger partial charge in [-0.1, -0.05) is 11.6 Å². The molecule has 1 aromatic heterocycles. The number of benzene rings is 1. The van der Waals surface area contributed by atoms with Gasteiger partial charge in [0.05, 0.1) is 5.02 Å². The smallest absolute Gasteiger partial charge is 0.239 e. The van der Waals surface area contributed by atoms with Crippen LogP contribution in [0.3, 0.4) is 0 Å². The number of hydrogen-bond acceptors (Lipinski definition) is 3. The van der Waals surface area contributed by atoms with Gasteiger partial charge in [0.1, 0.15) is 0 Å². The summed E-state index contributed by atoms with van der Waals surface area (Å²) < 4.78 is 0.969. The molecule has 0 saturated carbocycles. The van der Waals surface area contributed by atoms with Crippen molar-refractivity contribution >= 4 is 40.1 Å². The molecular formula is C8H6ClIN4. The molecule has 72 valence electrons. The molecular weight excluding hydrogens is 314 g/mol. The predicted octanol–water partition coefficient (Wildman–Crippen LogP) is 2.31. The van der Waals surface area contributed by atoms with E-state index in [2.05, 4.69) is 37.8 Å². The van der Waals surface area contributed by atoms with Crippen LogP contribution in [0, 0.1) is 3.57 Å². The van der Waals surface area contributed by atoms with Crippen LogP contribution in [-0.2, 0) is 0 Å². The molecule has 3 N–H and O–H groups in total. The number of nitrogens with one attached hydrogen (secondary N) is 1. The first-order chi connectivity index (χ1) is 6.66. The first kappa shape index (κ1) is 9.72. The minimum atomic E-state index is 0.241. The number of hydrogen-bond donors (Lipinski definition) is 2. The summed E-state index contributed by atoms with van der Waals surface area (Å²) in [5, 5.41) is 7.21. The second kappa shape index (κ2) is 3.74. The van der Waals surface area contributed by atoms with E-state index >= 15 is 0 Å². The number of H-pyrrole nitrogens is 1. The fourth-order valence-corrected chi connectivity index (χ4v) is 1.68. The Labute approximate surface area is 99.0 Å². The summed E-state index contributed by atoms with van der Waals surface area (Å²) in [7, 11) is 0. The van der Waals surface area contributed by atoms with Crippen LogP contribution >= 0.6 is 34.2 Å². The van der Waals surface area contributed by atoms with E-state index in [1.165, 1.54) is 0 Å². The van der Waals surface area contributed by atoms with Crippen LogP contribution in [0.4, 0.5) is 5.95 Å². The Balaban J connectivity index is 2.47. The third-order valence-electron chi connectivity index (χ3n) is 1.70. The van der Waals surface area contributed by atoms with Gasteiger partial charge < -0.3 is 5.73 Å². The Morgan fingerprint density at radius 3 is 2.79 bits per heavy atom. The molecule has 0 unspecified atom stereocenters. The van der Waals surface area contributed by atoms with Crippen LogP contribution in [-0.4, -0.2) is 15.2 Å². The molecule has 0 saturated heterocycles. The maximum absolute atomic E-state index is 5.89. The first-order valence-electron chi connectivity index (χ1n) is 3.80. The molecule has 0 fully saturated rings. The lowest BCUT2D eigenvalue weighted by Crippen LogP contribution is -1.86. The summed E-state index contributed by atoms with van der Waals surface area (Å²) in [6, 6.07) is 5.60. The second-order valence-corrected chi connectivity index (χ2v) is 4.24. The molecule has 2 aromatic rings. The molecule has 4 nitrogen and oxygen atoms in total. The van der Waals surface area contributed by atoms with E-state index in [1.54, 1.807) is 0 Å². The topological polar surface area (TPSA) is 67.6 Å². The van der Waals surface area contributed by atoms with E-state index < -0.39 is 0 Å². The lowest BCUT2D eigenvalue weighted by atomic mass is 10.2. The lowest BCUT2D eigenvalue weighted by Gasteiger charge is -1.98. The van der Waals surface area contributed by atoms with Gasteiger partial charge in [0, 0.05) is 9.13 Å². The van der Waals surface area contributed by atoms with Crippen molar-refractivity contribution in [3.8, 4) is 11.4 Å². The number of rotatable bonds is 1. The zero-order valence-electron chi connectivity index (χ0n) is 6.96. The van der Waals surface area contributed by atoms with Crippen molar-refractivity contribution in [2.24, 2.45) is 0 Å². The van der Waals surface area contributed by atoms with Crippen LogP contribution in [0.1, 0.15) is 0 Å². The molecule has 0 aliphatic carbocycles. The highest BCUT2D eigenvalue weighted by Crippen LogP contribution is 2.24. The Bertz CT molecular complexity index is 468. The van der Waals surface area contributed by atoms with Gasteiger partial charge >= 0.3 is 0 Å². The van der Waals surface area contributed by atoms with E-state index in [4.69, 9.17) is 17.3 Å². The van der Waals surface area contributed by atoms with E-state index in [1.807, 2.05) is 18.2 Å². The molecule has 6 heteroatoms. The molecule has 0 atom stereocenters. The standard InChI is InChI=1S/C8H6ClIN4/c9-5-2-1-4(3-6(5)10)7-12-8(11)14-13-7/h1-3H,(H3,11,12,13,14). The summed E-state index contributed by atoms with van der Waals surface area (Å²) in [4.78, 5) is 4.02. The summed E-state index contributed by atoms with van der Waals surface area (Å²) >= 11 is 8.05. The minimum Gasteiger partial charge on any atom is -0.366 e. The molecule has 0 aliphatic heterocycles. The number of halogens is 2. The van der Waals surface area contributed by atoms with Crippen molar-refractivity contribution in [2.45, 2.75) is 0 Å². The Morgan fingerprint density at radius 2 is 2.21 bits per heavy atom. The van der Waals surface area contributed by atoms with E-state index in [-0.39, 0.29) is 5.95 Å². The van der Waals surface area contributed by atoms with Crippen molar-refractivity contribution in [2.75, 3.05) is 5.73 Å². The van der Waals surface area contributed by atoms with Gasteiger partial charge in [-0.15, -0.1) is 5.10 Å². The molecule has 0 spiro atoms. The number of nitrogen functional groups attached to an aromatic ring is 1. The quantitative estimate of drug-likeness (QED) is 0.792. The van der Waals surface area contributed by atoms with Gasteiger partial charge in [-0.05, 0) is 40.8 Å². The zero-order chi connectivity index (χ0) is 10.1. The Hall–Kier alpha value is -0.820. The molecule has 0 bridgehead atoms. The molecule has 2 rings (SSSR count). The van der Waals surface area contributed by atoms with Crippen LogP contribution in [0.15, 0.2) is 18.2 Å². The summed E-state index contributed by atoms with van der Waals surface area (Å²) in [6.07, 6.45) is 0. The summed E-state index contributed by atoms with van der Waals surface area (Å²) in [5.74, 6) is 0.891. The maximum atomic E-state index is 5.89. The average molecular weight is 321 g/mol. The van der Waals surface area contributed by atoms with Crippen molar-refractivity contribution in [1.82, 2.24) is 15.2 Å². The summed E-state index contributed by atoms with van der Waals surface area (Å²) in [6.45, 7) is 0. The molecule has 0 amide bonds. The number of nitrogens with zero attached hydrogens (tertiary/aromatic N) is 2. The highest BCUT2D eigenvalue weighted by molar-refractivity contribution is 14.1. The SMILES string of the molecule is Nc1n[nH]c(-c2ccc(Cl)c(I)c2)n1. The fourth-order valence-electron chi connectivity index (χ4n) is 1.05. The monoisotopic (exact) mass is 320 g/mol. The van der Waals surface area contributed by atoms with E-state index in [0.717, 1.165) is 14.2 Å². The minimum absolute atomic E-state index is 0.241. The second-order valence-electron chi connectivity index (χ2n) is 2.67. The van der Waals surface area contributed by atoms with Crippen molar-refractivity contribution in [3.63, 3.8) is 0 Å².